The van der Waals surface area contributed by atoms with Crippen LogP contribution in [0.15, 0.2) is 36.7 Å². The molecule has 1 fully saturated rings. The SMILES string of the molecule is Cc1c(C(=O)N2CCOC(C(=O)O)C2)nnn1-c1cccc2cnccc12. The molecular formula is C18H17N5O4. The molecule has 1 aliphatic heterocycles. The van der Waals surface area contributed by atoms with Gasteiger partial charge in [-0.3, -0.25) is 9.78 Å². The maximum atomic E-state index is 12.8. The maximum absolute atomic E-state index is 12.8. The molecule has 2 aromatic heterocycles. The van der Waals surface area contributed by atoms with Crippen molar-refractivity contribution in [3.8, 4) is 5.69 Å². The number of fused-ring (bicyclic) bond motifs is 1. The molecule has 0 aliphatic carbocycles. The second-order valence-corrected chi connectivity index (χ2v) is 6.26. The van der Waals surface area contributed by atoms with Gasteiger partial charge in [0.15, 0.2) is 11.8 Å². The van der Waals surface area contributed by atoms with E-state index in [0.29, 0.717) is 12.2 Å². The number of morpholine rings is 1. The van der Waals surface area contributed by atoms with Gasteiger partial charge in [0, 0.05) is 29.7 Å². The summed E-state index contributed by atoms with van der Waals surface area (Å²) in [7, 11) is 0. The summed E-state index contributed by atoms with van der Waals surface area (Å²) >= 11 is 0. The zero-order valence-corrected chi connectivity index (χ0v) is 14.6. The fourth-order valence-corrected chi connectivity index (χ4v) is 3.18. The number of aliphatic carboxylic acids is 1. The Balaban J connectivity index is 1.68. The molecule has 1 aliphatic rings. The third-order valence-corrected chi connectivity index (χ3v) is 4.61. The summed E-state index contributed by atoms with van der Waals surface area (Å²) in [4.78, 5) is 29.5. The van der Waals surface area contributed by atoms with Gasteiger partial charge in [-0.15, -0.1) is 5.10 Å². The summed E-state index contributed by atoms with van der Waals surface area (Å²) < 4.78 is 6.78. The minimum atomic E-state index is -1.09. The first kappa shape index (κ1) is 17.1. The van der Waals surface area contributed by atoms with Gasteiger partial charge in [-0.05, 0) is 19.1 Å². The molecular weight excluding hydrogens is 350 g/mol. The number of carbonyl (C=O) groups is 2. The Morgan fingerprint density at radius 3 is 2.96 bits per heavy atom. The predicted molar refractivity (Wildman–Crippen MR) is 94.7 cm³/mol. The minimum Gasteiger partial charge on any atom is -0.479 e. The second kappa shape index (κ2) is 6.76. The lowest BCUT2D eigenvalue weighted by Gasteiger charge is -2.30. The van der Waals surface area contributed by atoms with Crippen molar-refractivity contribution >= 4 is 22.6 Å². The molecule has 1 aromatic carbocycles. The lowest BCUT2D eigenvalue weighted by Crippen LogP contribution is -2.48. The molecule has 1 N–H and O–H groups in total. The number of hydrogen-bond acceptors (Lipinski definition) is 6. The largest absolute Gasteiger partial charge is 0.479 e. The third-order valence-electron chi connectivity index (χ3n) is 4.61. The molecule has 138 valence electrons. The standard InChI is InChI=1S/C18H17N5O4/c1-11-16(17(24)22-7-8-27-15(10-22)18(25)26)20-21-23(11)14-4-2-3-12-9-19-6-5-13(12)14/h2-6,9,15H,7-8,10H2,1H3,(H,25,26). The van der Waals surface area contributed by atoms with Crippen LogP contribution in [0.1, 0.15) is 16.2 Å². The highest BCUT2D eigenvalue weighted by atomic mass is 16.5. The Kier molecular flexibility index (Phi) is 4.28. The van der Waals surface area contributed by atoms with E-state index < -0.39 is 12.1 Å². The van der Waals surface area contributed by atoms with E-state index in [0.717, 1.165) is 16.5 Å². The van der Waals surface area contributed by atoms with Crippen LogP contribution in [-0.2, 0) is 9.53 Å². The van der Waals surface area contributed by atoms with Crippen molar-refractivity contribution in [3.63, 3.8) is 0 Å². The molecule has 0 spiro atoms. The first-order chi connectivity index (χ1) is 13.1. The summed E-state index contributed by atoms with van der Waals surface area (Å²) in [6.45, 7) is 2.24. The number of ether oxygens (including phenoxy) is 1. The average molecular weight is 367 g/mol. The van der Waals surface area contributed by atoms with Gasteiger partial charge in [0.1, 0.15) is 0 Å². The second-order valence-electron chi connectivity index (χ2n) is 6.26. The Labute approximate surface area is 154 Å². The van der Waals surface area contributed by atoms with Crippen molar-refractivity contribution in [2.75, 3.05) is 19.7 Å². The van der Waals surface area contributed by atoms with Crippen LogP contribution in [0, 0.1) is 6.92 Å². The molecule has 3 aromatic rings. The number of rotatable bonds is 3. The van der Waals surface area contributed by atoms with Gasteiger partial charge in [0.05, 0.1) is 24.5 Å². The molecule has 1 unspecified atom stereocenters. The molecule has 1 atom stereocenters. The van der Waals surface area contributed by atoms with Crippen LogP contribution in [0.5, 0.6) is 0 Å². The summed E-state index contributed by atoms with van der Waals surface area (Å²) in [5.74, 6) is -1.44. The van der Waals surface area contributed by atoms with Crippen molar-refractivity contribution in [2.24, 2.45) is 0 Å². The number of hydrogen-bond donors (Lipinski definition) is 1. The van der Waals surface area contributed by atoms with E-state index >= 15 is 0 Å². The lowest BCUT2D eigenvalue weighted by molar-refractivity contribution is -0.154. The van der Waals surface area contributed by atoms with Gasteiger partial charge in [-0.1, -0.05) is 17.3 Å². The molecule has 0 bridgehead atoms. The molecule has 0 saturated carbocycles. The first-order valence-electron chi connectivity index (χ1n) is 8.45. The van der Waals surface area contributed by atoms with Gasteiger partial charge in [0.2, 0.25) is 0 Å². The quantitative estimate of drug-likeness (QED) is 0.736. The molecule has 1 saturated heterocycles. The first-order valence-corrected chi connectivity index (χ1v) is 8.45. The third kappa shape index (κ3) is 3.02. The van der Waals surface area contributed by atoms with E-state index in [1.165, 1.54) is 4.90 Å². The Morgan fingerprint density at radius 1 is 1.30 bits per heavy atom. The van der Waals surface area contributed by atoms with Crippen LogP contribution in [0.25, 0.3) is 16.5 Å². The highest BCUT2D eigenvalue weighted by Crippen LogP contribution is 2.23. The summed E-state index contributed by atoms with van der Waals surface area (Å²) in [5.41, 5.74) is 1.58. The molecule has 9 heteroatoms. The number of amides is 1. The molecule has 1 amide bonds. The van der Waals surface area contributed by atoms with Crippen molar-refractivity contribution in [1.82, 2.24) is 24.9 Å². The number of carboxylic acids is 1. The van der Waals surface area contributed by atoms with E-state index in [4.69, 9.17) is 9.84 Å². The fraction of sp³-hybridized carbons (Fsp3) is 0.278. The van der Waals surface area contributed by atoms with Crippen LogP contribution in [-0.4, -0.2) is 67.7 Å². The fourth-order valence-electron chi connectivity index (χ4n) is 3.18. The summed E-state index contributed by atoms with van der Waals surface area (Å²) in [6.07, 6.45) is 2.43. The smallest absolute Gasteiger partial charge is 0.334 e. The van der Waals surface area contributed by atoms with Crippen LogP contribution >= 0.6 is 0 Å². The topological polar surface area (TPSA) is 110 Å². The number of carbonyl (C=O) groups excluding carboxylic acids is 1. The number of aromatic nitrogens is 4. The van der Waals surface area contributed by atoms with Crippen LogP contribution in [0.4, 0.5) is 0 Å². The van der Waals surface area contributed by atoms with Crippen LogP contribution < -0.4 is 0 Å². The van der Waals surface area contributed by atoms with Crippen molar-refractivity contribution in [2.45, 2.75) is 13.0 Å². The molecule has 9 nitrogen and oxygen atoms in total. The number of nitrogens with zero attached hydrogens (tertiary/aromatic N) is 5. The maximum Gasteiger partial charge on any atom is 0.334 e. The van der Waals surface area contributed by atoms with Crippen LogP contribution in [0.2, 0.25) is 0 Å². The Morgan fingerprint density at radius 2 is 2.15 bits per heavy atom. The minimum absolute atomic E-state index is 0.0135. The molecule has 4 rings (SSSR count). The van der Waals surface area contributed by atoms with Crippen LogP contribution in [0.3, 0.4) is 0 Å². The number of pyridine rings is 1. The van der Waals surface area contributed by atoms with Gasteiger partial charge < -0.3 is 14.7 Å². The normalized spacial score (nSPS) is 17.2. The highest BCUT2D eigenvalue weighted by molar-refractivity contribution is 5.94. The Hall–Kier alpha value is -3.33. The molecule has 0 radical (unpaired) electrons. The van der Waals surface area contributed by atoms with E-state index in [1.54, 1.807) is 24.0 Å². The average Bonchev–Trinajstić information content (AvgIpc) is 3.08. The monoisotopic (exact) mass is 367 g/mol. The summed E-state index contributed by atoms with van der Waals surface area (Å²) in [6, 6.07) is 7.62. The molecule has 27 heavy (non-hydrogen) atoms. The number of benzene rings is 1. The zero-order valence-electron chi connectivity index (χ0n) is 14.6. The number of carboxylic acid groups (broad SMARTS) is 1. The van der Waals surface area contributed by atoms with Gasteiger partial charge in [-0.2, -0.15) is 0 Å². The van der Waals surface area contributed by atoms with E-state index in [9.17, 15) is 9.59 Å². The predicted octanol–water partition coefficient (Wildman–Crippen LogP) is 1.05. The zero-order chi connectivity index (χ0) is 19.0. The van der Waals surface area contributed by atoms with Crippen molar-refractivity contribution in [1.29, 1.82) is 0 Å². The lowest BCUT2D eigenvalue weighted by atomic mass is 10.1. The van der Waals surface area contributed by atoms with Crippen molar-refractivity contribution < 1.29 is 19.4 Å². The van der Waals surface area contributed by atoms with E-state index in [1.807, 2.05) is 24.3 Å². The van der Waals surface area contributed by atoms with Gasteiger partial charge in [0.25, 0.3) is 5.91 Å². The van der Waals surface area contributed by atoms with E-state index in [2.05, 4.69) is 15.3 Å². The van der Waals surface area contributed by atoms with Gasteiger partial charge in [-0.25, -0.2) is 9.48 Å². The highest BCUT2D eigenvalue weighted by Gasteiger charge is 2.31. The van der Waals surface area contributed by atoms with Gasteiger partial charge >= 0.3 is 5.97 Å². The molecule has 3 heterocycles. The van der Waals surface area contributed by atoms with E-state index in [-0.39, 0.29) is 24.8 Å². The Bertz CT molecular complexity index is 1030. The summed E-state index contributed by atoms with van der Waals surface area (Å²) in [5, 5.41) is 19.2. The van der Waals surface area contributed by atoms with Crippen molar-refractivity contribution in [3.05, 3.63) is 48.0 Å².